The Morgan fingerprint density at radius 2 is 1.48 bits per heavy atom. The van der Waals surface area contributed by atoms with Crippen LogP contribution in [0.15, 0.2) is 70.4 Å². The fourth-order valence-corrected chi connectivity index (χ4v) is 18.1. The number of allylic oxidation sites excluding steroid dienone is 7. The quantitative estimate of drug-likeness (QED) is 0.0525. The van der Waals surface area contributed by atoms with E-state index in [0.717, 1.165) is 5.57 Å². The number of cyclic esters (lactones) is 2. The average Bonchev–Trinajstić information content (AvgIpc) is 1.64. The zero-order chi connectivity index (χ0) is 78.6. The number of carbonyl (C=O) groups is 11. The molecular weight excluding hydrogens is 1380 g/mol. The van der Waals surface area contributed by atoms with Crippen molar-refractivity contribution in [3.63, 3.8) is 0 Å². The third-order valence-corrected chi connectivity index (χ3v) is 24.6. The highest BCUT2D eigenvalue weighted by atomic mass is 16.6. The molecule has 4 aliphatic heterocycles. The minimum atomic E-state index is -2.49. The van der Waals surface area contributed by atoms with E-state index in [4.69, 9.17) is 42.6 Å². The number of esters is 5. The number of nitrogens with zero attached hydrogens (tertiary/aromatic N) is 2. The number of amides is 1. The van der Waals surface area contributed by atoms with Gasteiger partial charge in [0.05, 0.1) is 36.8 Å². The van der Waals surface area contributed by atoms with Crippen molar-refractivity contribution in [1.82, 2.24) is 9.80 Å². The van der Waals surface area contributed by atoms with Gasteiger partial charge in [0.15, 0.2) is 11.6 Å². The molecule has 2 N–H and O–H groups in total. The Morgan fingerprint density at radius 3 is 2.12 bits per heavy atom. The molecular formula is C83H120N2O22. The summed E-state index contributed by atoms with van der Waals surface area (Å²) in [5, 5.41) is 23.8. The number of piperidine rings is 1. The summed E-state index contributed by atoms with van der Waals surface area (Å²) in [4.78, 5) is 159. The summed E-state index contributed by atoms with van der Waals surface area (Å²) in [5.74, 6) is -14.4. The topological polar surface area (TPSA) is 318 Å². The predicted molar refractivity (Wildman–Crippen MR) is 394 cm³/mol. The molecule has 0 radical (unpaired) electrons. The second-order valence-corrected chi connectivity index (χ2v) is 32.2. The van der Waals surface area contributed by atoms with Crippen LogP contribution in [0.5, 0.6) is 0 Å². The Bertz CT molecular complexity index is 3460. The number of hydrogen-bond acceptors (Lipinski definition) is 23. The third kappa shape index (κ3) is 19.7. The van der Waals surface area contributed by atoms with Gasteiger partial charge in [0.1, 0.15) is 42.7 Å². The molecule has 19 atom stereocenters. The van der Waals surface area contributed by atoms with Crippen LogP contribution in [0, 0.1) is 58.2 Å². The molecule has 107 heavy (non-hydrogen) atoms. The molecule has 0 spiro atoms. The minimum absolute atomic E-state index is 0.0244. The van der Waals surface area contributed by atoms with Crippen molar-refractivity contribution in [2.75, 3.05) is 54.1 Å². The number of carbonyl (C=O) groups excluding carboxylic acids is 11. The monoisotopic (exact) mass is 1500 g/mol. The summed E-state index contributed by atoms with van der Waals surface area (Å²) < 4.78 is 54.1. The molecule has 24 heteroatoms. The molecule has 24 nitrogen and oxygen atoms in total. The lowest BCUT2D eigenvalue weighted by Gasteiger charge is -2.56. The molecule has 1 amide bonds. The molecule has 3 unspecified atom stereocenters. The van der Waals surface area contributed by atoms with E-state index in [2.05, 4.69) is 0 Å². The Labute approximate surface area is 631 Å². The lowest BCUT2D eigenvalue weighted by atomic mass is 9.50. The largest absolute Gasteiger partial charge is 0.462 e. The lowest BCUT2D eigenvalue weighted by Crippen LogP contribution is -2.65. The third-order valence-electron chi connectivity index (χ3n) is 24.6. The number of methoxy groups -OCH3 is 3. The van der Waals surface area contributed by atoms with Crippen LogP contribution in [-0.2, 0) is 95.4 Å². The van der Waals surface area contributed by atoms with Crippen LogP contribution in [0.25, 0.3) is 0 Å². The molecule has 4 fully saturated rings. The predicted octanol–water partition coefficient (Wildman–Crippen LogP) is 9.85. The summed E-state index contributed by atoms with van der Waals surface area (Å²) in [6, 6.07) is -1.22. The summed E-state index contributed by atoms with van der Waals surface area (Å²) >= 11 is 0. The first-order valence-corrected chi connectivity index (χ1v) is 39.2. The van der Waals surface area contributed by atoms with E-state index in [1.807, 2.05) is 82.9 Å². The van der Waals surface area contributed by atoms with Crippen LogP contribution in [0.4, 0.5) is 0 Å². The first kappa shape index (κ1) is 85.9. The van der Waals surface area contributed by atoms with E-state index < -0.39 is 160 Å². The molecule has 3 saturated heterocycles. The summed E-state index contributed by atoms with van der Waals surface area (Å²) in [6.45, 7) is 22.6. The first-order valence-electron chi connectivity index (χ1n) is 39.2. The number of ketones is 5. The maximum Gasteiger partial charge on any atom is 0.329 e. The van der Waals surface area contributed by atoms with Crippen LogP contribution >= 0.6 is 0 Å². The molecule has 2 bridgehead atoms. The fourth-order valence-electron chi connectivity index (χ4n) is 18.1. The zero-order valence-corrected chi connectivity index (χ0v) is 65.9. The number of unbranched alkanes of at least 4 members (excludes halogenated alkanes) is 1. The van der Waals surface area contributed by atoms with Crippen LogP contribution < -0.4 is 0 Å². The van der Waals surface area contributed by atoms with Gasteiger partial charge in [-0.2, -0.15) is 0 Å². The fraction of sp³-hybridized carbons (Fsp3) is 0.723. The second kappa shape index (κ2) is 37.8. The number of aliphatic hydroxyl groups is 2. The van der Waals surface area contributed by atoms with Crippen LogP contribution in [0.1, 0.15) is 205 Å². The van der Waals surface area contributed by atoms with Crippen LogP contribution in [0.3, 0.4) is 0 Å². The molecule has 8 rings (SSSR count). The van der Waals surface area contributed by atoms with E-state index in [0.29, 0.717) is 101 Å². The van der Waals surface area contributed by atoms with Crippen LogP contribution in [0.2, 0.25) is 0 Å². The molecule has 0 aromatic rings. The molecule has 0 aromatic carbocycles. The van der Waals surface area contributed by atoms with Crippen molar-refractivity contribution in [2.45, 2.75) is 272 Å². The minimum Gasteiger partial charge on any atom is -0.462 e. The normalized spacial score (nSPS) is 35.7. The molecule has 4 aliphatic carbocycles. The van der Waals surface area contributed by atoms with E-state index in [9.17, 15) is 63.0 Å². The van der Waals surface area contributed by atoms with Gasteiger partial charge in [-0.1, -0.05) is 105 Å². The van der Waals surface area contributed by atoms with E-state index in [1.54, 1.807) is 47.8 Å². The van der Waals surface area contributed by atoms with Crippen molar-refractivity contribution in [3.8, 4) is 0 Å². The Hall–Kier alpha value is -6.67. The highest BCUT2D eigenvalue weighted by Crippen LogP contribution is 2.62. The van der Waals surface area contributed by atoms with Crippen molar-refractivity contribution >= 4 is 64.7 Å². The van der Waals surface area contributed by atoms with Gasteiger partial charge in [0.2, 0.25) is 17.4 Å². The summed E-state index contributed by atoms with van der Waals surface area (Å²) in [5.41, 5.74) is -0.265. The number of aliphatic hydroxyl groups excluding tert-OH is 1. The molecule has 8 aliphatic rings. The number of ether oxygens (including phenoxy) is 9. The highest BCUT2D eigenvalue weighted by molar-refractivity contribution is 6.47. The van der Waals surface area contributed by atoms with Gasteiger partial charge >= 0.3 is 29.8 Å². The first-order chi connectivity index (χ1) is 50.7. The number of hydrogen-bond donors (Lipinski definition) is 2. The second-order valence-electron chi connectivity index (χ2n) is 32.2. The maximum absolute atomic E-state index is 14.8. The van der Waals surface area contributed by atoms with Gasteiger partial charge in [-0.25, -0.2) is 4.79 Å². The SMILES string of the molecule is CCN(CC)CC1C(=O)O[C@H](COC)[C@]2(C)C3=C(C(=O)C(=O)C12)C1=CC[C@H](OC(=O)CCCCC(=O)OC2CCC(C[C@@H](C)[C@@H]4CC(=O)C(C)=CC(C)[C@@H](O)[C@@H](OC)C(=O)[C@H](C)C[C@H](C)C=CC=CC=C(C)[C@@H](OC)C[C@@H]5CC[C@@H](C)[C@@](O)(O5)C(=O)C(=O)N5CCCC[C@H]5C(=O)O4)CC2)[C@@]1(C)C[C@H]3OC(C)=O. The molecule has 4 heterocycles. The molecule has 1 saturated carbocycles. The molecule has 594 valence electrons. The van der Waals surface area contributed by atoms with Gasteiger partial charge in [0.25, 0.3) is 11.7 Å². The number of rotatable bonds is 19. The van der Waals surface area contributed by atoms with Crippen LogP contribution in [-0.4, -0.2) is 206 Å². The summed E-state index contributed by atoms with van der Waals surface area (Å²) in [6.07, 6.45) is 11.3. The van der Waals surface area contributed by atoms with Crippen molar-refractivity contribution in [2.24, 2.45) is 58.2 Å². The standard InChI is InChI=1S/C83H120N2O22/c1-16-84(17-2)45-58-70-75(93)74(92)69-59-36-37-65(81(59,11)44-64(102-54(10)86)71(69)82(70,12)66(46-99-13)106-79(58)96)105-68(89)29-22-21-28-67(88)103-56-34-31-55(32-35-56)41-50(6)63-43-61(87)49(5)40-52(8)73(91)76(101-15)72(90)51(7)39-47(3)25-19-18-20-26-48(4)62(100-14)42-57-33-30-53(9)83(98,107-57)77(94)78(95)85-38-24-23-27-60(85)80(97)104-63/h18-20,25-26,36,40,47,50-53,55-58,60,62-66,70,73,76,91,98H,16-17,21-24,27-35,37-39,41-46H2,1-15H3/t47-,50-,51-,52?,53-,55?,56?,57+,58?,60+,62+,63+,64-,65+,66-,70?,73-,76+,81+,82+,83-/m1/s1. The van der Waals surface area contributed by atoms with Gasteiger partial charge in [-0.3, -0.25) is 47.9 Å². The maximum atomic E-state index is 14.8. The van der Waals surface area contributed by atoms with Gasteiger partial charge in [0, 0.05) is 114 Å². The molecule has 0 aromatic heterocycles. The Kier molecular flexibility index (Phi) is 30.4. The van der Waals surface area contributed by atoms with Crippen molar-refractivity contribution < 1.29 is 106 Å². The number of fused-ring (bicyclic) bond motifs is 7. The Morgan fingerprint density at radius 1 is 0.794 bits per heavy atom. The van der Waals surface area contributed by atoms with E-state index in [-0.39, 0.29) is 105 Å². The van der Waals surface area contributed by atoms with Gasteiger partial charge in [-0.05, 0) is 150 Å². The van der Waals surface area contributed by atoms with Crippen molar-refractivity contribution in [3.05, 3.63) is 70.4 Å². The van der Waals surface area contributed by atoms with Gasteiger partial charge < -0.3 is 62.6 Å². The highest BCUT2D eigenvalue weighted by Gasteiger charge is 2.68. The van der Waals surface area contributed by atoms with Gasteiger partial charge in [-0.15, -0.1) is 0 Å². The number of Topliss-reactive ketones (excluding diaryl/α,β-unsaturated/α-hetero) is 5. The Balaban J connectivity index is 0.901. The summed E-state index contributed by atoms with van der Waals surface area (Å²) in [7, 11) is 4.38. The van der Waals surface area contributed by atoms with E-state index in [1.165, 1.54) is 26.0 Å². The average molecular weight is 1500 g/mol. The van der Waals surface area contributed by atoms with E-state index >= 15 is 0 Å². The zero-order valence-electron chi connectivity index (χ0n) is 65.9. The van der Waals surface area contributed by atoms with Crippen molar-refractivity contribution in [1.29, 1.82) is 0 Å². The smallest absolute Gasteiger partial charge is 0.329 e. The lowest BCUT2D eigenvalue weighted by molar-refractivity contribution is -0.265.